The molecule has 0 aliphatic carbocycles. The second-order valence-corrected chi connectivity index (χ2v) is 12.6. The van der Waals surface area contributed by atoms with Crippen molar-refractivity contribution in [1.29, 1.82) is 0 Å². The van der Waals surface area contributed by atoms with Crippen molar-refractivity contribution >= 4 is 32.5 Å². The summed E-state index contributed by atoms with van der Waals surface area (Å²) in [6.07, 6.45) is 1.56. The number of piperazine rings is 2. The van der Waals surface area contributed by atoms with Crippen molar-refractivity contribution in [2.45, 2.75) is 17.9 Å². The molecule has 2 fully saturated rings. The minimum Gasteiger partial charge on any atom is -0.487 e. The Morgan fingerprint density at radius 1 is 1.00 bits per heavy atom. The molecular weight excluding hydrogens is 537 g/mol. The van der Waals surface area contributed by atoms with Gasteiger partial charge < -0.3 is 24.0 Å². The lowest BCUT2D eigenvalue weighted by molar-refractivity contribution is 0.0695. The largest absolute Gasteiger partial charge is 0.487 e. The highest BCUT2D eigenvalue weighted by Gasteiger charge is 2.34. The minimum atomic E-state index is -3.68. The number of pyridine rings is 1. The van der Waals surface area contributed by atoms with Gasteiger partial charge in [0, 0.05) is 58.6 Å². The zero-order chi connectivity index (χ0) is 28.2. The van der Waals surface area contributed by atoms with Crippen molar-refractivity contribution in [1.82, 2.24) is 18.7 Å². The van der Waals surface area contributed by atoms with Gasteiger partial charge in [-0.1, -0.05) is 18.2 Å². The molecule has 3 aliphatic heterocycles. The molecule has 1 amide bonds. The van der Waals surface area contributed by atoms with E-state index < -0.39 is 27.2 Å². The van der Waals surface area contributed by atoms with Crippen molar-refractivity contribution in [3.05, 3.63) is 64.2 Å². The number of likely N-dealkylation sites (N-methyl/N-ethyl adjacent to an activating group) is 1. The Morgan fingerprint density at radius 2 is 1.68 bits per heavy atom. The fraction of sp³-hybridized carbons (Fsp3) is 0.429. The highest BCUT2D eigenvalue weighted by molar-refractivity contribution is 7.89. The summed E-state index contributed by atoms with van der Waals surface area (Å²) in [6, 6.07) is 9.22. The maximum atomic E-state index is 15.6. The number of carbonyl (C=O) groups is 1. The van der Waals surface area contributed by atoms with Crippen molar-refractivity contribution < 1.29 is 22.3 Å². The summed E-state index contributed by atoms with van der Waals surface area (Å²) in [5.74, 6) is -0.695. The molecule has 10 nitrogen and oxygen atoms in total. The Labute approximate surface area is 232 Å². The average Bonchev–Trinajstić information content (AvgIpc) is 2.96. The zero-order valence-electron chi connectivity index (χ0n) is 22.5. The SMILES string of the molecule is C[C@H]1COc2c(N3CCN(C)CC3)c(F)cc3c(=O)c(C(=O)N4CCN(S(=O)(=O)c5ccccc5)CC4)cn1c23. The van der Waals surface area contributed by atoms with E-state index in [0.717, 1.165) is 13.1 Å². The number of sulfonamides is 1. The fourth-order valence-electron chi connectivity index (χ4n) is 5.73. The number of halogens is 1. The third-order valence-electron chi connectivity index (χ3n) is 8.10. The van der Waals surface area contributed by atoms with Gasteiger partial charge in [0.15, 0.2) is 11.6 Å². The Kier molecular flexibility index (Phi) is 6.79. The molecule has 0 bridgehead atoms. The van der Waals surface area contributed by atoms with Gasteiger partial charge in [-0.3, -0.25) is 9.59 Å². The molecule has 0 saturated carbocycles. The van der Waals surface area contributed by atoms with Gasteiger partial charge in [0.25, 0.3) is 5.91 Å². The van der Waals surface area contributed by atoms with E-state index >= 15 is 4.39 Å². The van der Waals surface area contributed by atoms with Crippen molar-refractivity contribution in [3.8, 4) is 5.75 Å². The lowest BCUT2D eigenvalue weighted by atomic mass is 10.0. The first-order valence-corrected chi connectivity index (χ1v) is 14.9. The van der Waals surface area contributed by atoms with E-state index in [9.17, 15) is 18.0 Å². The van der Waals surface area contributed by atoms with E-state index in [4.69, 9.17) is 4.74 Å². The molecule has 1 atom stereocenters. The van der Waals surface area contributed by atoms with Gasteiger partial charge in [0.2, 0.25) is 15.5 Å². The van der Waals surface area contributed by atoms with Crippen molar-refractivity contribution in [2.24, 2.45) is 0 Å². The molecule has 212 valence electrons. The second-order valence-electron chi connectivity index (χ2n) is 10.7. The predicted octanol–water partition coefficient (Wildman–Crippen LogP) is 1.99. The van der Waals surface area contributed by atoms with Crippen molar-refractivity contribution in [3.63, 3.8) is 0 Å². The molecule has 0 N–H and O–H groups in total. The summed E-state index contributed by atoms with van der Waals surface area (Å²) < 4.78 is 50.9. The van der Waals surface area contributed by atoms with Crippen LogP contribution in [0.3, 0.4) is 0 Å². The van der Waals surface area contributed by atoms with Gasteiger partial charge in [0.1, 0.15) is 17.9 Å². The van der Waals surface area contributed by atoms with E-state index in [1.165, 1.54) is 15.3 Å². The summed E-state index contributed by atoms with van der Waals surface area (Å²) in [5, 5.41) is 0.105. The molecule has 3 aliphatic rings. The molecule has 3 aromatic rings. The van der Waals surface area contributed by atoms with Crippen LogP contribution in [0.25, 0.3) is 10.9 Å². The molecule has 4 heterocycles. The highest BCUT2D eigenvalue weighted by atomic mass is 32.2. The van der Waals surface area contributed by atoms with Crippen LogP contribution in [0.1, 0.15) is 23.3 Å². The van der Waals surface area contributed by atoms with Gasteiger partial charge in [-0.15, -0.1) is 0 Å². The zero-order valence-corrected chi connectivity index (χ0v) is 23.4. The number of anilines is 1. The lowest BCUT2D eigenvalue weighted by Crippen LogP contribution is -2.51. The molecule has 0 spiro atoms. The van der Waals surface area contributed by atoms with Crippen LogP contribution in [0.4, 0.5) is 10.1 Å². The monoisotopic (exact) mass is 569 g/mol. The van der Waals surface area contributed by atoms with E-state index in [2.05, 4.69) is 4.90 Å². The van der Waals surface area contributed by atoms with Crippen LogP contribution >= 0.6 is 0 Å². The van der Waals surface area contributed by atoms with Gasteiger partial charge in [-0.2, -0.15) is 4.31 Å². The first-order valence-electron chi connectivity index (χ1n) is 13.5. The van der Waals surface area contributed by atoms with Crippen LogP contribution in [0.15, 0.2) is 52.3 Å². The first-order chi connectivity index (χ1) is 19.2. The highest BCUT2D eigenvalue weighted by Crippen LogP contribution is 2.42. The molecule has 2 aromatic carbocycles. The van der Waals surface area contributed by atoms with E-state index in [1.807, 2.05) is 23.4 Å². The molecule has 2 saturated heterocycles. The van der Waals surface area contributed by atoms with Gasteiger partial charge in [0.05, 0.1) is 21.8 Å². The quantitative estimate of drug-likeness (QED) is 0.474. The first kappa shape index (κ1) is 26.7. The topological polar surface area (TPSA) is 95.4 Å². The molecule has 1 aromatic heterocycles. The number of ether oxygens (including phenoxy) is 1. The third kappa shape index (κ3) is 4.43. The summed E-state index contributed by atoms with van der Waals surface area (Å²) in [7, 11) is -1.66. The molecule has 40 heavy (non-hydrogen) atoms. The summed E-state index contributed by atoms with van der Waals surface area (Å²) in [4.78, 5) is 33.1. The number of amides is 1. The molecule has 12 heteroatoms. The summed E-state index contributed by atoms with van der Waals surface area (Å²) in [6.45, 7) is 5.55. The number of benzene rings is 2. The van der Waals surface area contributed by atoms with E-state index in [0.29, 0.717) is 30.0 Å². The normalized spacial score (nSPS) is 20.5. The third-order valence-corrected chi connectivity index (χ3v) is 10.0. The number of carbonyl (C=O) groups excluding carboxylic acids is 1. The summed E-state index contributed by atoms with van der Waals surface area (Å²) in [5.41, 5.74) is 0.238. The summed E-state index contributed by atoms with van der Waals surface area (Å²) >= 11 is 0. The smallest absolute Gasteiger partial charge is 0.259 e. The maximum absolute atomic E-state index is 15.6. The fourth-order valence-corrected chi connectivity index (χ4v) is 7.18. The van der Waals surface area contributed by atoms with Crippen LogP contribution in [-0.2, 0) is 10.0 Å². The molecule has 0 radical (unpaired) electrons. The molecule has 6 rings (SSSR count). The lowest BCUT2D eigenvalue weighted by Gasteiger charge is -2.37. The number of nitrogens with zero attached hydrogens (tertiary/aromatic N) is 5. The number of hydrogen-bond donors (Lipinski definition) is 0. The number of rotatable bonds is 4. The predicted molar refractivity (Wildman–Crippen MR) is 149 cm³/mol. The van der Waals surface area contributed by atoms with Crippen LogP contribution < -0.4 is 15.1 Å². The van der Waals surface area contributed by atoms with E-state index in [-0.39, 0.29) is 54.7 Å². The van der Waals surface area contributed by atoms with Crippen LogP contribution in [-0.4, -0.2) is 99.0 Å². The Hall–Kier alpha value is -3.48. The van der Waals surface area contributed by atoms with Gasteiger partial charge in [-0.25, -0.2) is 12.8 Å². The van der Waals surface area contributed by atoms with Crippen LogP contribution in [0.5, 0.6) is 5.75 Å². The number of aromatic nitrogens is 1. The number of hydrogen-bond acceptors (Lipinski definition) is 7. The molecule has 0 unspecified atom stereocenters. The van der Waals surface area contributed by atoms with Crippen LogP contribution in [0, 0.1) is 5.82 Å². The van der Waals surface area contributed by atoms with E-state index in [1.54, 1.807) is 36.5 Å². The standard InChI is InChI=1S/C28H32FN5O5S/c1-19-18-39-27-24-21(16-23(29)25(27)31-10-8-30(2)9-11-31)26(35)22(17-34(19)24)28(36)32-12-14-33(15-13-32)40(37,38)20-6-4-3-5-7-20/h3-7,16-17,19H,8-15,18H2,1-2H3/t19-/m0/s1. The van der Waals surface area contributed by atoms with Crippen molar-refractivity contribution in [2.75, 3.05) is 70.9 Å². The minimum absolute atomic E-state index is 0.0571. The van der Waals surface area contributed by atoms with Gasteiger partial charge in [-0.05, 0) is 32.2 Å². The second kappa shape index (κ2) is 10.2. The van der Waals surface area contributed by atoms with Gasteiger partial charge >= 0.3 is 0 Å². The Balaban J connectivity index is 1.32. The van der Waals surface area contributed by atoms with Crippen LogP contribution in [0.2, 0.25) is 0 Å². The average molecular weight is 570 g/mol. The molecular formula is C28H32FN5O5S. The Morgan fingerprint density at radius 3 is 2.35 bits per heavy atom. The Bertz CT molecular complexity index is 1630. The maximum Gasteiger partial charge on any atom is 0.259 e.